The average Bonchev–Trinajstić information content (AvgIpc) is 2.45. The molecule has 23 heavy (non-hydrogen) atoms. The summed E-state index contributed by atoms with van der Waals surface area (Å²) >= 11 is 0. The van der Waals surface area contributed by atoms with Crippen molar-refractivity contribution in [1.29, 1.82) is 0 Å². The van der Waals surface area contributed by atoms with Crippen molar-refractivity contribution in [1.82, 2.24) is 10.2 Å². The molecule has 1 heterocycles. The Morgan fingerprint density at radius 1 is 1.48 bits per heavy atom. The fourth-order valence-electron chi connectivity index (χ4n) is 2.38. The number of ether oxygens (including phenoxy) is 1. The van der Waals surface area contributed by atoms with E-state index < -0.39 is 16.6 Å². The van der Waals surface area contributed by atoms with Gasteiger partial charge in [0.05, 0.1) is 11.0 Å². The third-order valence-corrected chi connectivity index (χ3v) is 3.43. The first-order valence-corrected chi connectivity index (χ1v) is 7.36. The van der Waals surface area contributed by atoms with Gasteiger partial charge in [0.2, 0.25) is 0 Å². The second kappa shape index (κ2) is 6.41. The molecule has 1 saturated heterocycles. The second-order valence-electron chi connectivity index (χ2n) is 6.44. The summed E-state index contributed by atoms with van der Waals surface area (Å²) in [5, 5.41) is 23.7. The van der Waals surface area contributed by atoms with Crippen molar-refractivity contribution < 1.29 is 19.6 Å². The molecule has 2 N–H and O–H groups in total. The van der Waals surface area contributed by atoms with E-state index in [1.54, 1.807) is 31.7 Å². The minimum absolute atomic E-state index is 0.219. The van der Waals surface area contributed by atoms with Gasteiger partial charge in [0.15, 0.2) is 5.75 Å². The maximum Gasteiger partial charge on any atom is 0.410 e. The molecule has 1 unspecified atom stereocenters. The van der Waals surface area contributed by atoms with E-state index in [4.69, 9.17) is 4.74 Å². The van der Waals surface area contributed by atoms with E-state index in [1.165, 1.54) is 12.1 Å². The molecule has 1 aliphatic rings. The van der Waals surface area contributed by atoms with Gasteiger partial charge in [0.25, 0.3) is 0 Å². The van der Waals surface area contributed by atoms with Crippen LogP contribution >= 0.6 is 0 Å². The Balaban J connectivity index is 2.11. The van der Waals surface area contributed by atoms with Crippen LogP contribution in [0.1, 0.15) is 32.4 Å². The lowest BCUT2D eigenvalue weighted by Gasteiger charge is -2.35. The lowest BCUT2D eigenvalue weighted by atomic mass is 10.0. The minimum atomic E-state index is -0.638. The summed E-state index contributed by atoms with van der Waals surface area (Å²) in [7, 11) is 0. The van der Waals surface area contributed by atoms with Gasteiger partial charge >= 0.3 is 11.8 Å². The molecular weight excluding hydrogens is 302 g/mol. The molecule has 0 saturated carbocycles. The van der Waals surface area contributed by atoms with Crippen molar-refractivity contribution in [2.75, 3.05) is 19.6 Å². The van der Waals surface area contributed by atoms with Crippen molar-refractivity contribution in [3.05, 3.63) is 33.9 Å². The van der Waals surface area contributed by atoms with Crippen LogP contribution < -0.4 is 5.32 Å². The van der Waals surface area contributed by atoms with Crippen LogP contribution in [0, 0.1) is 10.1 Å². The van der Waals surface area contributed by atoms with Crippen molar-refractivity contribution in [2.24, 2.45) is 0 Å². The Labute approximate surface area is 134 Å². The number of phenols is 1. The van der Waals surface area contributed by atoms with Crippen LogP contribution in [0.2, 0.25) is 0 Å². The molecular formula is C15H21N3O5. The fourth-order valence-corrected chi connectivity index (χ4v) is 2.38. The zero-order valence-electron chi connectivity index (χ0n) is 13.4. The van der Waals surface area contributed by atoms with E-state index in [2.05, 4.69) is 5.32 Å². The molecule has 1 atom stereocenters. The zero-order chi connectivity index (χ0) is 17.2. The number of carbonyl (C=O) groups is 1. The third-order valence-electron chi connectivity index (χ3n) is 3.43. The number of carbonyl (C=O) groups excluding carboxylic acids is 1. The topological polar surface area (TPSA) is 105 Å². The van der Waals surface area contributed by atoms with Gasteiger partial charge in [-0.2, -0.15) is 0 Å². The van der Waals surface area contributed by atoms with E-state index in [0.29, 0.717) is 25.2 Å². The van der Waals surface area contributed by atoms with Gasteiger partial charge in [-0.25, -0.2) is 4.79 Å². The Kier molecular flexibility index (Phi) is 4.74. The third kappa shape index (κ3) is 4.32. The Bertz CT molecular complexity index is 612. The quantitative estimate of drug-likeness (QED) is 0.638. The van der Waals surface area contributed by atoms with E-state index in [1.807, 2.05) is 0 Å². The number of phenolic OH excluding ortho intramolecular Hbond substituents is 1. The minimum Gasteiger partial charge on any atom is -0.502 e. The van der Waals surface area contributed by atoms with Gasteiger partial charge in [-0.1, -0.05) is 6.07 Å². The molecule has 1 fully saturated rings. The molecule has 8 nitrogen and oxygen atoms in total. The first-order valence-electron chi connectivity index (χ1n) is 7.36. The van der Waals surface area contributed by atoms with Crippen molar-refractivity contribution in [3.8, 4) is 5.75 Å². The highest BCUT2D eigenvalue weighted by molar-refractivity contribution is 5.68. The summed E-state index contributed by atoms with van der Waals surface area (Å²) in [6.07, 6.45) is -0.393. The average molecular weight is 323 g/mol. The van der Waals surface area contributed by atoms with Crippen LogP contribution in [0.4, 0.5) is 10.5 Å². The van der Waals surface area contributed by atoms with Crippen molar-refractivity contribution >= 4 is 11.8 Å². The number of aromatic hydroxyl groups is 1. The second-order valence-corrected chi connectivity index (χ2v) is 6.44. The summed E-state index contributed by atoms with van der Waals surface area (Å²) in [5.74, 6) is -0.385. The first-order chi connectivity index (χ1) is 10.7. The number of benzene rings is 1. The number of rotatable bonds is 2. The van der Waals surface area contributed by atoms with E-state index >= 15 is 0 Å². The van der Waals surface area contributed by atoms with Crippen LogP contribution in [0.3, 0.4) is 0 Å². The van der Waals surface area contributed by atoms with E-state index in [-0.39, 0.29) is 17.5 Å². The number of hydrogen-bond acceptors (Lipinski definition) is 6. The van der Waals surface area contributed by atoms with Crippen molar-refractivity contribution in [2.45, 2.75) is 32.4 Å². The zero-order valence-corrected chi connectivity index (χ0v) is 13.4. The van der Waals surface area contributed by atoms with Crippen LogP contribution in [-0.4, -0.2) is 46.3 Å². The summed E-state index contributed by atoms with van der Waals surface area (Å²) in [6.45, 7) is 6.87. The number of nitrogens with zero attached hydrogens (tertiary/aromatic N) is 2. The summed E-state index contributed by atoms with van der Waals surface area (Å²) in [6, 6.07) is 3.98. The molecule has 0 aromatic heterocycles. The first kappa shape index (κ1) is 17.0. The Morgan fingerprint density at radius 2 is 2.17 bits per heavy atom. The lowest BCUT2D eigenvalue weighted by molar-refractivity contribution is -0.385. The SMILES string of the molecule is CC(C)(C)OC(=O)N1CCNC(c2ccc([N+](=O)[O-])c(O)c2)C1. The molecule has 2 rings (SSSR count). The number of amides is 1. The summed E-state index contributed by atoms with van der Waals surface area (Å²) < 4.78 is 5.36. The Morgan fingerprint density at radius 3 is 2.74 bits per heavy atom. The van der Waals surface area contributed by atoms with Gasteiger partial charge in [-0.05, 0) is 32.4 Å². The van der Waals surface area contributed by atoms with Crippen LogP contribution in [-0.2, 0) is 4.74 Å². The molecule has 0 aliphatic carbocycles. The van der Waals surface area contributed by atoms with Crippen molar-refractivity contribution in [3.63, 3.8) is 0 Å². The molecule has 0 spiro atoms. The van der Waals surface area contributed by atoms with Crippen LogP contribution in [0.15, 0.2) is 18.2 Å². The highest BCUT2D eigenvalue weighted by Gasteiger charge is 2.28. The van der Waals surface area contributed by atoms with Gasteiger partial charge in [0.1, 0.15) is 5.60 Å². The molecule has 0 radical (unpaired) electrons. The molecule has 8 heteroatoms. The number of nitrogens with one attached hydrogen (secondary N) is 1. The number of nitro groups is 1. The van der Waals surface area contributed by atoms with Gasteiger partial charge in [-0.15, -0.1) is 0 Å². The largest absolute Gasteiger partial charge is 0.502 e. The lowest BCUT2D eigenvalue weighted by Crippen LogP contribution is -2.49. The molecule has 1 aromatic carbocycles. The molecule has 1 aliphatic heterocycles. The summed E-state index contributed by atoms with van der Waals surface area (Å²) in [5.41, 5.74) is -0.224. The molecule has 1 aromatic rings. The molecule has 1 amide bonds. The molecule has 126 valence electrons. The van der Waals surface area contributed by atoms with E-state index in [9.17, 15) is 20.0 Å². The maximum atomic E-state index is 12.1. The predicted molar refractivity (Wildman–Crippen MR) is 83.3 cm³/mol. The normalized spacial score (nSPS) is 18.6. The summed E-state index contributed by atoms with van der Waals surface area (Å²) in [4.78, 5) is 23.8. The van der Waals surface area contributed by atoms with Crippen LogP contribution in [0.25, 0.3) is 0 Å². The molecule has 0 bridgehead atoms. The number of nitro benzene ring substituents is 1. The number of piperazine rings is 1. The van der Waals surface area contributed by atoms with Gasteiger partial charge in [0, 0.05) is 25.7 Å². The highest BCUT2D eigenvalue weighted by Crippen LogP contribution is 2.30. The van der Waals surface area contributed by atoms with Gasteiger partial charge in [-0.3, -0.25) is 10.1 Å². The Hall–Kier alpha value is -2.35. The number of hydrogen-bond donors (Lipinski definition) is 2. The highest BCUT2D eigenvalue weighted by atomic mass is 16.6. The monoisotopic (exact) mass is 323 g/mol. The van der Waals surface area contributed by atoms with E-state index in [0.717, 1.165) is 0 Å². The fraction of sp³-hybridized carbons (Fsp3) is 0.533. The predicted octanol–water partition coefficient (Wildman–Crippen LogP) is 2.18. The maximum absolute atomic E-state index is 12.1. The smallest absolute Gasteiger partial charge is 0.410 e. The van der Waals surface area contributed by atoms with Crippen LogP contribution in [0.5, 0.6) is 5.75 Å². The van der Waals surface area contributed by atoms with Gasteiger partial charge < -0.3 is 20.1 Å². The standard InChI is InChI=1S/C15H21N3O5/c1-15(2,3)23-14(20)17-7-6-16-11(9-17)10-4-5-12(18(21)22)13(19)8-10/h4-5,8,11,16,19H,6-7,9H2,1-3H3.